The molecule has 0 spiro atoms. The molecule has 1 aromatic heterocycles. The third-order valence-electron chi connectivity index (χ3n) is 5.19. The Kier molecular flexibility index (Phi) is 11.8. The minimum atomic E-state index is -0.885. The van der Waals surface area contributed by atoms with Crippen LogP contribution >= 0.6 is 0 Å². The van der Waals surface area contributed by atoms with Crippen molar-refractivity contribution < 1.29 is 19.4 Å². The largest absolute Gasteiger partial charge is 0.481 e. The monoisotopic (exact) mass is 433 g/mol. The van der Waals surface area contributed by atoms with Crippen LogP contribution in [0.25, 0.3) is 0 Å². The molecule has 7 heteroatoms. The summed E-state index contributed by atoms with van der Waals surface area (Å²) < 4.78 is 5.21. The van der Waals surface area contributed by atoms with E-state index in [1.54, 1.807) is 33.2 Å². The highest BCUT2D eigenvalue weighted by atomic mass is 16.6. The summed E-state index contributed by atoms with van der Waals surface area (Å²) in [4.78, 5) is 26.9. The van der Waals surface area contributed by atoms with Gasteiger partial charge in [-0.1, -0.05) is 51.0 Å². The lowest BCUT2D eigenvalue weighted by Crippen LogP contribution is -2.27. The third kappa shape index (κ3) is 13.5. The molecule has 0 aliphatic heterocycles. The van der Waals surface area contributed by atoms with Crippen molar-refractivity contribution in [2.75, 3.05) is 0 Å². The van der Waals surface area contributed by atoms with Crippen LogP contribution in [0.5, 0.6) is 0 Å². The van der Waals surface area contributed by atoms with Crippen LogP contribution in [-0.2, 0) is 20.7 Å². The first kappa shape index (κ1) is 26.6. The fourth-order valence-electron chi connectivity index (χ4n) is 3.75. The normalized spacial score (nSPS) is 15.3. The Morgan fingerprint density at radius 2 is 1.97 bits per heavy atom. The summed E-state index contributed by atoms with van der Waals surface area (Å²) in [7, 11) is 0. The molecule has 174 valence electrons. The van der Waals surface area contributed by atoms with Gasteiger partial charge in [0.1, 0.15) is 5.60 Å². The predicted molar refractivity (Wildman–Crippen MR) is 122 cm³/mol. The molecule has 4 N–H and O–H groups in total. The molecule has 1 fully saturated rings. The first-order chi connectivity index (χ1) is 14.6. The summed E-state index contributed by atoms with van der Waals surface area (Å²) >= 11 is 0. The number of nitrogens with one attached hydrogen (secondary N) is 1. The maximum atomic E-state index is 11.8. The molecular weight excluding hydrogens is 394 g/mol. The molecule has 1 aromatic rings. The number of pyridine rings is 1. The molecule has 1 saturated carbocycles. The predicted octanol–water partition coefficient (Wildman–Crippen LogP) is 4.73. The van der Waals surface area contributed by atoms with Gasteiger partial charge in [-0.2, -0.15) is 0 Å². The molecule has 0 aromatic carbocycles. The molecule has 7 nitrogen and oxygen atoms in total. The number of carboxylic acid groups (broad SMARTS) is 1. The van der Waals surface area contributed by atoms with Crippen LogP contribution in [0.2, 0.25) is 0 Å². The first-order valence-electron chi connectivity index (χ1n) is 11.2. The van der Waals surface area contributed by atoms with Gasteiger partial charge in [0, 0.05) is 18.8 Å². The van der Waals surface area contributed by atoms with Crippen LogP contribution < -0.4 is 5.73 Å². The van der Waals surface area contributed by atoms with E-state index in [0.29, 0.717) is 12.8 Å². The first-order valence-corrected chi connectivity index (χ1v) is 11.2. The summed E-state index contributed by atoms with van der Waals surface area (Å²) in [6, 6.07) is 3.73. The van der Waals surface area contributed by atoms with Crippen LogP contribution in [-0.4, -0.2) is 33.5 Å². The van der Waals surface area contributed by atoms with E-state index in [1.807, 2.05) is 12.1 Å². The summed E-state index contributed by atoms with van der Waals surface area (Å²) in [5.41, 5.74) is 5.61. The maximum Gasteiger partial charge on any atom is 0.307 e. The van der Waals surface area contributed by atoms with Gasteiger partial charge in [-0.3, -0.25) is 20.0 Å². The van der Waals surface area contributed by atoms with Gasteiger partial charge in [-0.05, 0) is 44.7 Å². The zero-order chi connectivity index (χ0) is 23.3. The molecule has 2 rings (SSSR count). The van der Waals surface area contributed by atoms with E-state index in [9.17, 15) is 14.7 Å². The number of hydrogen-bond donors (Lipinski definition) is 3. The van der Waals surface area contributed by atoms with E-state index in [2.05, 4.69) is 4.98 Å². The van der Waals surface area contributed by atoms with Crippen LogP contribution in [0, 0.1) is 17.2 Å². The lowest BCUT2D eigenvalue weighted by molar-refractivity contribution is -0.160. The number of carbonyl (C=O) groups is 2. The summed E-state index contributed by atoms with van der Waals surface area (Å²) in [6.45, 7) is 5.39. The van der Waals surface area contributed by atoms with Crippen molar-refractivity contribution >= 4 is 17.8 Å². The van der Waals surface area contributed by atoms with Gasteiger partial charge in [-0.15, -0.1) is 0 Å². The second kappa shape index (κ2) is 13.8. The van der Waals surface area contributed by atoms with E-state index in [4.69, 9.17) is 15.9 Å². The quantitative estimate of drug-likeness (QED) is 0.293. The van der Waals surface area contributed by atoms with Crippen LogP contribution in [0.4, 0.5) is 0 Å². The number of ether oxygens (including phenoxy) is 1. The number of rotatable bonds is 9. The lowest BCUT2D eigenvalue weighted by atomic mass is 9.84. The highest BCUT2D eigenvalue weighted by Crippen LogP contribution is 2.29. The van der Waals surface area contributed by atoms with Gasteiger partial charge >= 0.3 is 11.9 Å². The van der Waals surface area contributed by atoms with Crippen LogP contribution in [0.15, 0.2) is 24.5 Å². The maximum absolute atomic E-state index is 11.8. The molecule has 0 amide bonds. The van der Waals surface area contributed by atoms with Gasteiger partial charge in [0.05, 0.1) is 18.2 Å². The minimum absolute atomic E-state index is 0.0166. The number of amidine groups is 1. The second-order valence-electron chi connectivity index (χ2n) is 9.32. The van der Waals surface area contributed by atoms with E-state index < -0.39 is 23.5 Å². The molecule has 1 aliphatic rings. The Morgan fingerprint density at radius 3 is 2.48 bits per heavy atom. The third-order valence-corrected chi connectivity index (χ3v) is 5.19. The molecule has 1 unspecified atom stereocenters. The SMILES string of the molecule is CC(C)(C)OC(=O)CC(CCCC1CCCCC1)C(=O)O.N=C(N)Cc1cccnc1. The molecule has 0 radical (unpaired) electrons. The van der Waals surface area contributed by atoms with Crippen LogP contribution in [0.1, 0.15) is 84.1 Å². The number of aliphatic carboxylic acids is 1. The number of carboxylic acids is 1. The number of carbonyl (C=O) groups excluding carboxylic acids is 1. The molecule has 1 atom stereocenters. The van der Waals surface area contributed by atoms with Gasteiger partial charge in [0.25, 0.3) is 0 Å². The highest BCUT2D eigenvalue weighted by Gasteiger charge is 2.25. The fourth-order valence-corrected chi connectivity index (χ4v) is 3.75. The summed E-state index contributed by atoms with van der Waals surface area (Å²) in [6.07, 6.45) is 13.0. The zero-order valence-corrected chi connectivity index (χ0v) is 19.2. The molecular formula is C24H39N3O4. The van der Waals surface area contributed by atoms with E-state index in [-0.39, 0.29) is 12.3 Å². The fraction of sp³-hybridized carbons (Fsp3) is 0.667. The molecule has 0 bridgehead atoms. The highest BCUT2D eigenvalue weighted by molar-refractivity contribution is 5.79. The van der Waals surface area contributed by atoms with Crippen molar-refractivity contribution in [2.45, 2.75) is 90.6 Å². The van der Waals surface area contributed by atoms with Crippen molar-refractivity contribution in [1.29, 1.82) is 5.41 Å². The Hall–Kier alpha value is -2.44. The smallest absolute Gasteiger partial charge is 0.307 e. The number of nitrogens with zero attached hydrogens (tertiary/aromatic N) is 1. The number of esters is 1. The minimum Gasteiger partial charge on any atom is -0.481 e. The topological polar surface area (TPSA) is 126 Å². The van der Waals surface area contributed by atoms with Crippen molar-refractivity contribution in [3.8, 4) is 0 Å². The Labute approximate surface area is 186 Å². The van der Waals surface area contributed by atoms with Crippen molar-refractivity contribution in [3.05, 3.63) is 30.1 Å². The van der Waals surface area contributed by atoms with Crippen molar-refractivity contribution in [2.24, 2.45) is 17.6 Å². The van der Waals surface area contributed by atoms with Gasteiger partial charge in [0.15, 0.2) is 0 Å². The Morgan fingerprint density at radius 1 is 1.29 bits per heavy atom. The molecule has 1 heterocycles. The number of hydrogen-bond acceptors (Lipinski definition) is 5. The van der Waals surface area contributed by atoms with Gasteiger partial charge < -0.3 is 15.6 Å². The lowest BCUT2D eigenvalue weighted by Gasteiger charge is -2.23. The summed E-state index contributed by atoms with van der Waals surface area (Å²) in [5.74, 6) is -0.969. The van der Waals surface area contributed by atoms with Crippen molar-refractivity contribution in [1.82, 2.24) is 4.98 Å². The van der Waals surface area contributed by atoms with Gasteiger partial charge in [0.2, 0.25) is 0 Å². The van der Waals surface area contributed by atoms with E-state index >= 15 is 0 Å². The van der Waals surface area contributed by atoms with Gasteiger partial charge in [-0.25, -0.2) is 0 Å². The number of nitrogens with two attached hydrogens (primary N) is 1. The van der Waals surface area contributed by atoms with Crippen molar-refractivity contribution in [3.63, 3.8) is 0 Å². The zero-order valence-electron chi connectivity index (χ0n) is 19.2. The Bertz CT molecular complexity index is 680. The molecule has 31 heavy (non-hydrogen) atoms. The second-order valence-corrected chi connectivity index (χ2v) is 9.32. The van der Waals surface area contributed by atoms with E-state index in [1.165, 1.54) is 32.1 Å². The molecule has 0 saturated heterocycles. The molecule has 1 aliphatic carbocycles. The number of aromatic nitrogens is 1. The van der Waals surface area contributed by atoms with Crippen LogP contribution in [0.3, 0.4) is 0 Å². The Balaban J connectivity index is 0.000000399. The average Bonchev–Trinajstić information content (AvgIpc) is 2.67. The van der Waals surface area contributed by atoms with E-state index in [0.717, 1.165) is 24.3 Å². The average molecular weight is 434 g/mol. The summed E-state index contributed by atoms with van der Waals surface area (Å²) in [5, 5.41) is 16.2. The standard InChI is InChI=1S/C17H30O4.C7H9N3/c1-17(2,3)21-15(18)12-14(16(19)20)11-7-10-13-8-5-4-6-9-13;8-7(9)4-6-2-1-3-10-5-6/h13-14H,4-12H2,1-3H3,(H,19,20);1-3,5H,4H2,(H3,8,9).